The van der Waals surface area contributed by atoms with Crippen LogP contribution >= 0.6 is 0 Å². The van der Waals surface area contributed by atoms with Crippen molar-refractivity contribution in [1.82, 2.24) is 9.97 Å². The van der Waals surface area contributed by atoms with Crippen molar-refractivity contribution in [2.45, 2.75) is 19.8 Å². The first-order chi connectivity index (χ1) is 5.84. The lowest BCUT2D eigenvalue weighted by molar-refractivity contribution is 0.287. The van der Waals surface area contributed by atoms with Crippen LogP contribution in [0.4, 0.5) is 0 Å². The summed E-state index contributed by atoms with van der Waals surface area (Å²) < 4.78 is 5.46. The molecule has 1 aromatic heterocycles. The van der Waals surface area contributed by atoms with E-state index >= 15 is 0 Å². The molecule has 1 fully saturated rings. The molecule has 0 bridgehead atoms. The molecule has 0 unspecified atom stereocenters. The molecule has 3 nitrogen and oxygen atoms in total. The van der Waals surface area contributed by atoms with Crippen molar-refractivity contribution in [3.63, 3.8) is 0 Å². The maximum Gasteiger partial charge on any atom is 0.216 e. The van der Waals surface area contributed by atoms with Crippen molar-refractivity contribution >= 4 is 0 Å². The summed E-state index contributed by atoms with van der Waals surface area (Å²) in [5.74, 6) is 2.25. The van der Waals surface area contributed by atoms with Crippen molar-refractivity contribution in [2.24, 2.45) is 5.92 Å². The molecular formula is C9H12N2O. The molecule has 0 spiro atoms. The van der Waals surface area contributed by atoms with Gasteiger partial charge < -0.3 is 4.74 Å². The Bertz CT molecular complexity index is 271. The van der Waals surface area contributed by atoms with Gasteiger partial charge in [0.25, 0.3) is 0 Å². The molecule has 3 heteroatoms. The highest BCUT2D eigenvalue weighted by Gasteiger charge is 2.21. The Morgan fingerprint density at radius 3 is 3.08 bits per heavy atom. The second-order valence-corrected chi connectivity index (χ2v) is 3.20. The van der Waals surface area contributed by atoms with Gasteiger partial charge in [-0.15, -0.1) is 0 Å². The predicted octanol–water partition coefficient (Wildman–Crippen LogP) is 1.57. The van der Waals surface area contributed by atoms with Gasteiger partial charge in [0.05, 0.1) is 6.61 Å². The van der Waals surface area contributed by atoms with Gasteiger partial charge in [0.2, 0.25) is 5.88 Å². The van der Waals surface area contributed by atoms with E-state index in [1.165, 1.54) is 12.8 Å². The molecule has 1 aliphatic rings. The Kier molecular flexibility index (Phi) is 1.94. The second kappa shape index (κ2) is 3.09. The fourth-order valence-corrected chi connectivity index (χ4v) is 1.00. The molecule has 0 aromatic carbocycles. The minimum absolute atomic E-state index is 0.703. The lowest BCUT2D eigenvalue weighted by atomic mass is 10.5. The van der Waals surface area contributed by atoms with Crippen LogP contribution in [0.25, 0.3) is 0 Å². The molecule has 0 aliphatic heterocycles. The molecule has 64 valence electrons. The first-order valence-electron chi connectivity index (χ1n) is 4.27. The van der Waals surface area contributed by atoms with Crippen LogP contribution in [0.15, 0.2) is 12.3 Å². The SMILES string of the molecule is Cc1nccc(OCC2CC2)n1. The molecule has 0 N–H and O–H groups in total. The molecular weight excluding hydrogens is 152 g/mol. The summed E-state index contributed by atoms with van der Waals surface area (Å²) in [6.45, 7) is 2.68. The maximum absolute atomic E-state index is 5.46. The third-order valence-corrected chi connectivity index (χ3v) is 1.91. The fraction of sp³-hybridized carbons (Fsp3) is 0.556. The second-order valence-electron chi connectivity index (χ2n) is 3.20. The summed E-state index contributed by atoms with van der Waals surface area (Å²) in [4.78, 5) is 8.13. The van der Waals surface area contributed by atoms with Crippen LogP contribution in [0.2, 0.25) is 0 Å². The fourth-order valence-electron chi connectivity index (χ4n) is 1.00. The predicted molar refractivity (Wildman–Crippen MR) is 45.0 cm³/mol. The molecule has 0 saturated heterocycles. The van der Waals surface area contributed by atoms with Crippen LogP contribution in [0.5, 0.6) is 5.88 Å². The van der Waals surface area contributed by atoms with Crippen LogP contribution in [-0.2, 0) is 0 Å². The number of hydrogen-bond donors (Lipinski definition) is 0. The highest BCUT2D eigenvalue weighted by molar-refractivity contribution is 5.07. The van der Waals surface area contributed by atoms with Gasteiger partial charge in [0.1, 0.15) is 5.82 Å². The summed E-state index contributed by atoms with van der Waals surface area (Å²) >= 11 is 0. The number of aryl methyl sites for hydroxylation is 1. The third-order valence-electron chi connectivity index (χ3n) is 1.91. The highest BCUT2D eigenvalue weighted by Crippen LogP contribution is 2.29. The topological polar surface area (TPSA) is 35.0 Å². The lowest BCUT2D eigenvalue weighted by Gasteiger charge is -2.02. The van der Waals surface area contributed by atoms with Gasteiger partial charge in [0, 0.05) is 12.3 Å². The molecule has 0 amide bonds. The van der Waals surface area contributed by atoms with Crippen molar-refractivity contribution in [1.29, 1.82) is 0 Å². The van der Waals surface area contributed by atoms with E-state index in [-0.39, 0.29) is 0 Å². The van der Waals surface area contributed by atoms with Crippen LogP contribution in [0, 0.1) is 12.8 Å². The van der Waals surface area contributed by atoms with E-state index in [4.69, 9.17) is 4.74 Å². The van der Waals surface area contributed by atoms with Crippen LogP contribution in [-0.4, -0.2) is 16.6 Å². The zero-order valence-corrected chi connectivity index (χ0v) is 7.16. The van der Waals surface area contributed by atoms with Crippen molar-refractivity contribution < 1.29 is 4.74 Å². The number of nitrogens with zero attached hydrogens (tertiary/aromatic N) is 2. The van der Waals surface area contributed by atoms with Gasteiger partial charge in [-0.3, -0.25) is 0 Å². The smallest absolute Gasteiger partial charge is 0.216 e. The zero-order chi connectivity index (χ0) is 8.39. The first-order valence-corrected chi connectivity index (χ1v) is 4.27. The van der Waals surface area contributed by atoms with Gasteiger partial charge in [-0.1, -0.05) is 0 Å². The van der Waals surface area contributed by atoms with E-state index in [0.29, 0.717) is 5.88 Å². The number of hydrogen-bond acceptors (Lipinski definition) is 3. The largest absolute Gasteiger partial charge is 0.477 e. The maximum atomic E-state index is 5.46. The molecule has 1 saturated carbocycles. The number of ether oxygens (including phenoxy) is 1. The van der Waals surface area contributed by atoms with Crippen LogP contribution < -0.4 is 4.74 Å². The Labute approximate surface area is 71.8 Å². The van der Waals surface area contributed by atoms with Crippen molar-refractivity contribution in [3.05, 3.63) is 18.1 Å². The highest BCUT2D eigenvalue weighted by atomic mass is 16.5. The Morgan fingerprint density at radius 1 is 1.58 bits per heavy atom. The van der Waals surface area contributed by atoms with E-state index < -0.39 is 0 Å². The van der Waals surface area contributed by atoms with Gasteiger partial charge in [-0.2, -0.15) is 4.98 Å². The summed E-state index contributed by atoms with van der Waals surface area (Å²) in [6.07, 6.45) is 4.35. The Balaban J connectivity index is 1.92. The van der Waals surface area contributed by atoms with Gasteiger partial charge in [-0.05, 0) is 25.7 Å². The van der Waals surface area contributed by atoms with E-state index in [1.54, 1.807) is 12.3 Å². The average Bonchev–Trinajstić information content (AvgIpc) is 2.84. The minimum Gasteiger partial charge on any atom is -0.477 e. The monoisotopic (exact) mass is 164 g/mol. The number of rotatable bonds is 3. The molecule has 0 atom stereocenters. The lowest BCUT2D eigenvalue weighted by Crippen LogP contribution is -2.01. The molecule has 2 rings (SSSR count). The standard InChI is InChI=1S/C9H12N2O/c1-7-10-5-4-9(11-7)12-6-8-2-3-8/h4-5,8H,2-3,6H2,1H3. The van der Waals surface area contributed by atoms with E-state index in [0.717, 1.165) is 18.3 Å². The van der Waals surface area contributed by atoms with Gasteiger partial charge >= 0.3 is 0 Å². The third kappa shape index (κ3) is 1.94. The molecule has 1 aliphatic carbocycles. The summed E-state index contributed by atoms with van der Waals surface area (Å²) in [6, 6.07) is 1.80. The Morgan fingerprint density at radius 2 is 2.42 bits per heavy atom. The molecule has 1 heterocycles. The van der Waals surface area contributed by atoms with Crippen LogP contribution in [0.1, 0.15) is 18.7 Å². The first kappa shape index (κ1) is 7.53. The van der Waals surface area contributed by atoms with Crippen molar-refractivity contribution in [2.75, 3.05) is 6.61 Å². The number of aromatic nitrogens is 2. The summed E-state index contributed by atoms with van der Waals surface area (Å²) in [7, 11) is 0. The quantitative estimate of drug-likeness (QED) is 0.680. The average molecular weight is 164 g/mol. The van der Waals surface area contributed by atoms with Crippen molar-refractivity contribution in [3.8, 4) is 5.88 Å². The van der Waals surface area contributed by atoms with E-state index in [2.05, 4.69) is 9.97 Å². The van der Waals surface area contributed by atoms with Crippen LogP contribution in [0.3, 0.4) is 0 Å². The summed E-state index contributed by atoms with van der Waals surface area (Å²) in [5.41, 5.74) is 0. The molecule has 0 radical (unpaired) electrons. The molecule has 12 heavy (non-hydrogen) atoms. The Hall–Kier alpha value is -1.12. The van der Waals surface area contributed by atoms with Gasteiger partial charge in [0.15, 0.2) is 0 Å². The minimum atomic E-state index is 0.703. The normalized spacial score (nSPS) is 16.1. The zero-order valence-electron chi connectivity index (χ0n) is 7.16. The molecule has 1 aromatic rings. The van der Waals surface area contributed by atoms with Gasteiger partial charge in [-0.25, -0.2) is 4.98 Å². The van der Waals surface area contributed by atoms with E-state index in [1.807, 2.05) is 6.92 Å². The van der Waals surface area contributed by atoms with E-state index in [9.17, 15) is 0 Å². The summed E-state index contributed by atoms with van der Waals surface area (Å²) in [5, 5.41) is 0.